The monoisotopic (exact) mass is 538 g/mol. The van der Waals surface area contributed by atoms with Gasteiger partial charge in [0.2, 0.25) is 0 Å². The fourth-order valence-electron chi connectivity index (χ4n) is 0. The van der Waals surface area contributed by atoms with E-state index in [0.717, 1.165) is 0 Å². The Kier molecular flexibility index (Phi) is 1900. The summed E-state index contributed by atoms with van der Waals surface area (Å²) >= 11 is 8.53. The third-order valence-corrected chi connectivity index (χ3v) is 0. The maximum absolute atomic E-state index is 4.26. The average Bonchev–Trinajstić information content (AvgIpc) is 0.918. The maximum Gasteiger partial charge on any atom is 5.00 e. The molecule has 0 aliphatic rings. The number of hydrogen-bond donors (Lipinski definition) is 0. The van der Waals surface area contributed by atoms with Crippen LogP contribution in [0.2, 0.25) is 0 Å². The molecule has 0 aromatic heterocycles. The molecule has 0 spiro atoms. The molecule has 15 heavy (non-hydrogen) atoms. The summed E-state index contributed by atoms with van der Waals surface area (Å²) in [4.78, 5) is 0. The molecule has 0 atom stereocenters. The normalized spacial score (nSPS) is 1.20. The van der Waals surface area contributed by atoms with Crippen molar-refractivity contribution in [2.75, 3.05) is 0 Å². The van der Waals surface area contributed by atoms with E-state index in [0.29, 0.717) is 0 Å². The van der Waals surface area contributed by atoms with Gasteiger partial charge in [0.15, 0.2) is 0 Å². The molecule has 0 amide bonds. The molecule has 0 aliphatic carbocycles. The zero-order chi connectivity index (χ0) is 2.71. The summed E-state index contributed by atoms with van der Waals surface area (Å²) in [5, 5.41) is 0. The molecule has 0 N–H and O–H groups in total. The van der Waals surface area contributed by atoms with Crippen molar-refractivity contribution in [3.05, 3.63) is 0 Å². The van der Waals surface area contributed by atoms with Gasteiger partial charge in [0.25, 0.3) is 0 Å². The van der Waals surface area contributed by atoms with Crippen molar-refractivity contribution in [1.82, 2.24) is 0 Å². The first-order chi connectivity index (χ1) is 1.41. The Morgan fingerprint density at radius 3 is 0.400 bits per heavy atom. The number of halogens is 12. The van der Waals surface area contributed by atoms with Crippen molar-refractivity contribution >= 4 is 23.7 Å². The van der Waals surface area contributed by atoms with Gasteiger partial charge in [-0.15, -0.1) is 0 Å². The van der Waals surface area contributed by atoms with E-state index < -0.39 is 0 Å². The summed E-state index contributed by atoms with van der Waals surface area (Å²) in [6.45, 7) is 0. The SMILES string of the molecule is ClOCl.[Cl-].[Cl-].[Cl-].[Cl-].[Cl-].[Cl-].[Cl-].[Cl-].[Cl-].[Cl-].[V+5].[V+5]. The first kappa shape index (κ1) is 155. The minimum atomic E-state index is 0. The fourth-order valence-corrected chi connectivity index (χ4v) is 0. The first-order valence-electron chi connectivity index (χ1n) is 0.309. The molecule has 15 heteroatoms. The van der Waals surface area contributed by atoms with Crippen LogP contribution in [0.4, 0.5) is 0 Å². The van der Waals surface area contributed by atoms with Crippen molar-refractivity contribution in [3.63, 3.8) is 0 Å². The summed E-state index contributed by atoms with van der Waals surface area (Å²) in [6.07, 6.45) is 0. The Labute approximate surface area is 186 Å². The minimum Gasteiger partial charge on any atom is -1.00 e. The van der Waals surface area contributed by atoms with E-state index in [9.17, 15) is 0 Å². The molecule has 1 nitrogen and oxygen atoms in total. The van der Waals surface area contributed by atoms with Crippen LogP contribution in [0.1, 0.15) is 0 Å². The van der Waals surface area contributed by atoms with Crippen LogP contribution in [0, 0.1) is 0 Å². The van der Waals surface area contributed by atoms with Crippen molar-refractivity contribution in [3.8, 4) is 0 Å². The van der Waals surface area contributed by atoms with E-state index in [2.05, 4.69) is 27.6 Å². The van der Waals surface area contributed by atoms with Gasteiger partial charge < -0.3 is 124 Å². The molecule has 0 heterocycles. The van der Waals surface area contributed by atoms with Crippen LogP contribution in [0.25, 0.3) is 0 Å². The van der Waals surface area contributed by atoms with Crippen molar-refractivity contribution in [2.45, 2.75) is 0 Å². The van der Waals surface area contributed by atoms with Crippen molar-refractivity contribution < 1.29 is 165 Å². The van der Waals surface area contributed by atoms with Crippen molar-refractivity contribution in [1.29, 1.82) is 0 Å². The second-order valence-corrected chi connectivity index (χ2v) is 0.525. The first-order valence-corrected chi connectivity index (χ1v) is 0.926. The third-order valence-electron chi connectivity index (χ3n) is 0. The number of rotatable bonds is 0. The van der Waals surface area contributed by atoms with Crippen molar-refractivity contribution in [2.24, 2.45) is 0 Å². The van der Waals surface area contributed by atoms with Crippen LogP contribution in [0.5, 0.6) is 0 Å². The molecule has 0 aliphatic heterocycles. The Balaban J connectivity index is -0.000000000303. The van der Waals surface area contributed by atoms with Crippen LogP contribution in [-0.4, -0.2) is 0 Å². The van der Waals surface area contributed by atoms with Gasteiger partial charge in [-0.05, 0) is 0 Å². The summed E-state index contributed by atoms with van der Waals surface area (Å²) in [5.74, 6) is 0. The average molecular weight is 543 g/mol. The third kappa shape index (κ3) is 242. The number of hydrogen-bond acceptors (Lipinski definition) is 1. The Hall–Kier alpha value is 4.61. The predicted octanol–water partition coefficient (Wildman–Crippen LogP) is -28.7. The van der Waals surface area contributed by atoms with Gasteiger partial charge in [-0.2, -0.15) is 3.84 Å². The van der Waals surface area contributed by atoms with Crippen LogP contribution >= 0.6 is 23.7 Å². The van der Waals surface area contributed by atoms with Gasteiger partial charge >= 0.3 is 37.1 Å². The molecule has 0 aromatic rings. The van der Waals surface area contributed by atoms with Crippen LogP contribution in [-0.2, 0) is 41.0 Å². The topological polar surface area (TPSA) is 9.23 Å². The summed E-state index contributed by atoms with van der Waals surface area (Å²) in [5.41, 5.74) is 0. The van der Waals surface area contributed by atoms with E-state index >= 15 is 0 Å². The largest absolute Gasteiger partial charge is 5.00 e. The Morgan fingerprint density at radius 1 is 0.400 bits per heavy atom. The summed E-state index contributed by atoms with van der Waals surface area (Å²) < 4.78 is 3.19. The van der Waals surface area contributed by atoms with Crippen LogP contribution < -0.4 is 124 Å². The van der Waals surface area contributed by atoms with Gasteiger partial charge in [0.1, 0.15) is 0 Å². The van der Waals surface area contributed by atoms with Gasteiger partial charge in [0.05, 0.1) is 23.7 Å². The van der Waals surface area contributed by atoms with E-state index in [4.69, 9.17) is 0 Å². The molecule has 0 bridgehead atoms. The molecule has 0 aromatic carbocycles. The summed E-state index contributed by atoms with van der Waals surface area (Å²) in [7, 11) is 0. The maximum atomic E-state index is 4.26. The summed E-state index contributed by atoms with van der Waals surface area (Å²) in [6, 6.07) is 0. The molecule has 0 radical (unpaired) electrons. The van der Waals surface area contributed by atoms with E-state index in [-0.39, 0.29) is 161 Å². The smallest absolute Gasteiger partial charge is 1.00 e. The molecule has 100 valence electrons. The van der Waals surface area contributed by atoms with Gasteiger partial charge in [-0.25, -0.2) is 0 Å². The standard InChI is InChI=1S/Cl2O.10ClH.2V/c1-3-2;;;;;;;;;;;;/h;10*1H;;/q;;;;;;;;;;;2*+5/p-10. The fraction of sp³-hybridized carbons (Fsp3) is 0. The van der Waals surface area contributed by atoms with E-state index in [1.807, 2.05) is 0 Å². The zero-order valence-corrected chi connectivity index (χ0v) is 17.7. The molecule has 0 rings (SSSR count). The second-order valence-electron chi connectivity index (χ2n) is 0.0583. The molecule has 0 saturated heterocycles. The van der Waals surface area contributed by atoms with Crippen LogP contribution in [0.15, 0.2) is 0 Å². The van der Waals surface area contributed by atoms with Gasteiger partial charge in [0, 0.05) is 0 Å². The van der Waals surface area contributed by atoms with Gasteiger partial charge in [-0.1, -0.05) is 0 Å². The Bertz CT molecular complexity index is 13.6. The van der Waals surface area contributed by atoms with Gasteiger partial charge in [-0.3, -0.25) is 0 Å². The molecular formula is Cl12OV2. The molecule has 0 saturated carbocycles. The minimum absolute atomic E-state index is 0. The predicted molar refractivity (Wildman–Crippen MR) is 12.8 cm³/mol. The molecule has 0 fully saturated rings. The Morgan fingerprint density at radius 2 is 0.400 bits per heavy atom. The molecule has 0 unspecified atom stereocenters. The molecular weight excluding hydrogens is 543 g/mol. The zero-order valence-electron chi connectivity index (χ0n) is 5.84. The van der Waals surface area contributed by atoms with Crippen LogP contribution in [0.3, 0.4) is 0 Å². The second kappa shape index (κ2) is 183. The quantitative estimate of drug-likeness (QED) is 0.295. The van der Waals surface area contributed by atoms with E-state index in [1.165, 1.54) is 0 Å². The van der Waals surface area contributed by atoms with E-state index in [1.54, 1.807) is 0 Å².